The van der Waals surface area contributed by atoms with Gasteiger partial charge in [0.2, 0.25) is 0 Å². The van der Waals surface area contributed by atoms with Crippen LogP contribution in [0.25, 0.3) is 21.9 Å². The van der Waals surface area contributed by atoms with E-state index in [1.165, 1.54) is 28.6 Å². The van der Waals surface area contributed by atoms with Crippen molar-refractivity contribution in [3.05, 3.63) is 23.7 Å². The molecule has 126 valence electrons. The molecule has 0 bridgehead atoms. The summed E-state index contributed by atoms with van der Waals surface area (Å²) in [6.45, 7) is 1.51. The summed E-state index contributed by atoms with van der Waals surface area (Å²) in [6.07, 6.45) is -1.24. The van der Waals surface area contributed by atoms with Crippen LogP contribution in [0.3, 0.4) is 0 Å². The normalized spacial score (nSPS) is 27.2. The fraction of sp³-hybridized carbons (Fsp3) is 0.429. The summed E-state index contributed by atoms with van der Waals surface area (Å²) >= 11 is 1.46. The topological polar surface area (TPSA) is 126 Å². The number of aryl methyl sites for hydroxylation is 1. The molecule has 9 nitrogen and oxygen atoms in total. The number of hydrogen-bond acceptors (Lipinski definition) is 9. The zero-order valence-corrected chi connectivity index (χ0v) is 13.5. The van der Waals surface area contributed by atoms with Crippen molar-refractivity contribution in [1.82, 2.24) is 24.5 Å². The van der Waals surface area contributed by atoms with Gasteiger partial charge in [-0.05, 0) is 6.92 Å². The van der Waals surface area contributed by atoms with Gasteiger partial charge in [-0.25, -0.2) is 19.9 Å². The summed E-state index contributed by atoms with van der Waals surface area (Å²) in [5, 5.41) is 32.0. The predicted octanol–water partition coefficient (Wildman–Crippen LogP) is -0.130. The van der Waals surface area contributed by atoms with Crippen molar-refractivity contribution in [3.8, 4) is 10.7 Å². The summed E-state index contributed by atoms with van der Waals surface area (Å²) < 4.78 is 7.07. The molecule has 0 spiro atoms. The van der Waals surface area contributed by atoms with Crippen LogP contribution >= 0.6 is 11.3 Å². The summed E-state index contributed by atoms with van der Waals surface area (Å²) in [4.78, 5) is 17.2. The van der Waals surface area contributed by atoms with E-state index in [1.807, 2.05) is 12.3 Å². The first-order chi connectivity index (χ1) is 11.6. The number of hydrogen-bond donors (Lipinski definition) is 3. The van der Waals surface area contributed by atoms with Crippen molar-refractivity contribution in [2.45, 2.75) is 31.5 Å². The molecular formula is C14H15N5O4S. The van der Waals surface area contributed by atoms with Crippen LogP contribution in [-0.2, 0) is 4.74 Å². The quantitative estimate of drug-likeness (QED) is 0.597. The standard InChI is InChI=1S/C14H15N5O4S/c1-6-3-24-13(18-6)9-8-12(16-4-15-9)19(5-17-8)14-11(22)10(21)7(2-20)23-14/h3-5,7,10-11,14,20-22H,2H2,1H3/t7-,10-,11-,14-/m1/s1. The van der Waals surface area contributed by atoms with E-state index in [1.54, 1.807) is 0 Å². The molecule has 4 rings (SSSR count). The lowest BCUT2D eigenvalue weighted by atomic mass is 10.1. The fourth-order valence-corrected chi connectivity index (χ4v) is 3.56. The molecule has 1 aliphatic rings. The average molecular weight is 349 g/mol. The summed E-state index contributed by atoms with van der Waals surface area (Å²) in [6, 6.07) is 0. The van der Waals surface area contributed by atoms with Gasteiger partial charge in [0.1, 0.15) is 40.9 Å². The Morgan fingerprint density at radius 2 is 2.08 bits per heavy atom. The molecule has 4 atom stereocenters. The molecule has 1 fully saturated rings. The molecule has 24 heavy (non-hydrogen) atoms. The van der Waals surface area contributed by atoms with E-state index in [9.17, 15) is 15.3 Å². The number of imidazole rings is 1. The molecule has 1 aliphatic heterocycles. The molecule has 3 aromatic rings. The van der Waals surface area contributed by atoms with E-state index in [0.717, 1.165) is 10.7 Å². The van der Waals surface area contributed by atoms with Gasteiger partial charge in [0, 0.05) is 11.1 Å². The molecule has 0 aliphatic carbocycles. The maximum atomic E-state index is 10.2. The molecule has 3 N–H and O–H groups in total. The van der Waals surface area contributed by atoms with Crippen LogP contribution in [0.5, 0.6) is 0 Å². The van der Waals surface area contributed by atoms with Crippen molar-refractivity contribution >= 4 is 22.5 Å². The van der Waals surface area contributed by atoms with Gasteiger partial charge in [0.15, 0.2) is 11.9 Å². The van der Waals surface area contributed by atoms with Gasteiger partial charge in [0.05, 0.1) is 12.9 Å². The molecular weight excluding hydrogens is 334 g/mol. The number of aliphatic hydroxyl groups excluding tert-OH is 3. The Morgan fingerprint density at radius 3 is 2.75 bits per heavy atom. The minimum absolute atomic E-state index is 0.389. The minimum atomic E-state index is -1.19. The number of fused-ring (bicyclic) bond motifs is 1. The lowest BCUT2D eigenvalue weighted by molar-refractivity contribution is -0.0511. The van der Waals surface area contributed by atoms with Crippen LogP contribution in [0.1, 0.15) is 11.9 Å². The molecule has 0 unspecified atom stereocenters. The highest BCUT2D eigenvalue weighted by Gasteiger charge is 2.44. The average Bonchev–Trinajstić information content (AvgIpc) is 3.27. The minimum Gasteiger partial charge on any atom is -0.394 e. The van der Waals surface area contributed by atoms with Crippen LogP contribution in [0, 0.1) is 6.92 Å². The Balaban J connectivity index is 1.79. The smallest absolute Gasteiger partial charge is 0.166 e. The highest BCUT2D eigenvalue weighted by molar-refractivity contribution is 7.13. The highest BCUT2D eigenvalue weighted by atomic mass is 32.1. The van der Waals surface area contributed by atoms with Gasteiger partial charge in [-0.3, -0.25) is 4.57 Å². The second kappa shape index (κ2) is 5.83. The maximum Gasteiger partial charge on any atom is 0.166 e. The van der Waals surface area contributed by atoms with Gasteiger partial charge in [-0.1, -0.05) is 0 Å². The van der Waals surface area contributed by atoms with Gasteiger partial charge >= 0.3 is 0 Å². The van der Waals surface area contributed by atoms with E-state index in [0.29, 0.717) is 16.9 Å². The highest BCUT2D eigenvalue weighted by Crippen LogP contribution is 2.33. The van der Waals surface area contributed by atoms with Gasteiger partial charge < -0.3 is 20.1 Å². The Bertz CT molecular complexity index is 881. The van der Waals surface area contributed by atoms with E-state index in [4.69, 9.17) is 4.74 Å². The van der Waals surface area contributed by atoms with Crippen LogP contribution < -0.4 is 0 Å². The SMILES string of the molecule is Cc1csc(-c2ncnc3c2ncn3[C@@H]2O[C@H](CO)[C@@H](O)[C@H]2O)n1. The molecule has 0 amide bonds. The number of nitrogens with zero attached hydrogens (tertiary/aromatic N) is 5. The lowest BCUT2D eigenvalue weighted by Gasteiger charge is -2.16. The van der Waals surface area contributed by atoms with E-state index >= 15 is 0 Å². The van der Waals surface area contributed by atoms with Crippen LogP contribution in [-0.4, -0.2) is 64.7 Å². The largest absolute Gasteiger partial charge is 0.394 e. The van der Waals surface area contributed by atoms with E-state index < -0.39 is 24.5 Å². The third-order valence-electron chi connectivity index (χ3n) is 3.97. The lowest BCUT2D eigenvalue weighted by Crippen LogP contribution is -2.33. The molecule has 1 saturated heterocycles. The monoisotopic (exact) mass is 349 g/mol. The number of rotatable bonds is 3. The van der Waals surface area contributed by atoms with E-state index in [-0.39, 0.29) is 6.61 Å². The maximum absolute atomic E-state index is 10.2. The molecule has 10 heteroatoms. The van der Waals surface area contributed by atoms with Gasteiger partial charge in [-0.2, -0.15) is 0 Å². The van der Waals surface area contributed by atoms with Crippen molar-refractivity contribution in [3.63, 3.8) is 0 Å². The molecule has 3 aromatic heterocycles. The summed E-state index contributed by atoms with van der Waals surface area (Å²) in [5.41, 5.74) is 2.49. The first-order valence-corrected chi connectivity index (χ1v) is 8.20. The number of ether oxygens (including phenoxy) is 1. The zero-order valence-electron chi connectivity index (χ0n) is 12.6. The zero-order chi connectivity index (χ0) is 16.8. The Hall–Kier alpha value is -1.98. The summed E-state index contributed by atoms with van der Waals surface area (Å²) in [5.74, 6) is 0. The van der Waals surface area contributed by atoms with Crippen molar-refractivity contribution in [1.29, 1.82) is 0 Å². The third-order valence-corrected chi connectivity index (χ3v) is 4.94. The first-order valence-electron chi connectivity index (χ1n) is 7.32. The first kappa shape index (κ1) is 15.5. The van der Waals surface area contributed by atoms with Crippen molar-refractivity contribution in [2.24, 2.45) is 0 Å². The van der Waals surface area contributed by atoms with Crippen molar-refractivity contribution < 1.29 is 20.1 Å². The fourth-order valence-electron chi connectivity index (χ4n) is 2.77. The van der Waals surface area contributed by atoms with Crippen molar-refractivity contribution in [2.75, 3.05) is 6.61 Å². The van der Waals surface area contributed by atoms with Crippen LogP contribution in [0.15, 0.2) is 18.0 Å². The van der Waals surface area contributed by atoms with Crippen LogP contribution in [0.2, 0.25) is 0 Å². The molecule has 0 radical (unpaired) electrons. The number of aromatic nitrogens is 5. The second-order valence-electron chi connectivity index (χ2n) is 5.57. The van der Waals surface area contributed by atoms with Crippen LogP contribution in [0.4, 0.5) is 0 Å². The Labute approximate surface area is 140 Å². The number of thiazole rings is 1. The second-order valence-corrected chi connectivity index (χ2v) is 6.43. The molecule has 0 saturated carbocycles. The predicted molar refractivity (Wildman–Crippen MR) is 84.2 cm³/mol. The molecule has 4 heterocycles. The van der Waals surface area contributed by atoms with Gasteiger partial charge in [-0.15, -0.1) is 11.3 Å². The number of aliphatic hydroxyl groups is 3. The van der Waals surface area contributed by atoms with E-state index in [2.05, 4.69) is 19.9 Å². The summed E-state index contributed by atoms with van der Waals surface area (Å²) in [7, 11) is 0. The third kappa shape index (κ3) is 2.31. The van der Waals surface area contributed by atoms with Gasteiger partial charge in [0.25, 0.3) is 0 Å². The Morgan fingerprint density at radius 1 is 1.25 bits per heavy atom. The Kier molecular flexibility index (Phi) is 3.77. The molecule has 0 aromatic carbocycles.